The van der Waals surface area contributed by atoms with E-state index in [0.717, 1.165) is 0 Å². The van der Waals surface area contributed by atoms with Crippen molar-refractivity contribution in [2.75, 3.05) is 6.61 Å². The first kappa shape index (κ1) is 13.5. The number of hydrogen-bond acceptors (Lipinski definition) is 5. The number of benzene rings is 1. The summed E-state index contributed by atoms with van der Waals surface area (Å²) in [5.74, 6) is -1.44. The van der Waals surface area contributed by atoms with Crippen LogP contribution in [0.4, 0.5) is 0 Å². The van der Waals surface area contributed by atoms with Crippen LogP contribution in [0.3, 0.4) is 0 Å². The molecule has 6 nitrogen and oxygen atoms in total. The first-order chi connectivity index (χ1) is 8.91. The molecule has 0 unspecified atom stereocenters. The fourth-order valence-corrected chi connectivity index (χ4v) is 3.66. The van der Waals surface area contributed by atoms with Crippen molar-refractivity contribution in [2.24, 2.45) is 0 Å². The topological polar surface area (TPSA) is 80.8 Å². The van der Waals surface area contributed by atoms with Gasteiger partial charge in [-0.1, -0.05) is 12.1 Å². The lowest BCUT2D eigenvalue weighted by molar-refractivity contribution is -0.146. The van der Waals surface area contributed by atoms with E-state index in [1.807, 2.05) is 0 Å². The first-order valence-electron chi connectivity index (χ1n) is 5.75. The summed E-state index contributed by atoms with van der Waals surface area (Å²) in [6.45, 7) is 3.07. The maximum Gasteiger partial charge on any atom is 0.329 e. The molecule has 0 aromatic heterocycles. The molecule has 0 saturated heterocycles. The monoisotopic (exact) mass is 283 g/mol. The zero-order chi connectivity index (χ0) is 14.2. The smallest absolute Gasteiger partial charge is 0.329 e. The van der Waals surface area contributed by atoms with Gasteiger partial charge < -0.3 is 4.74 Å². The van der Waals surface area contributed by atoms with Gasteiger partial charge in [-0.2, -0.15) is 0 Å². The Morgan fingerprint density at radius 3 is 2.58 bits per heavy atom. The molecule has 1 atom stereocenters. The lowest BCUT2D eigenvalue weighted by atomic mass is 10.2. The van der Waals surface area contributed by atoms with E-state index in [-0.39, 0.29) is 17.1 Å². The molecule has 1 aliphatic heterocycles. The average Bonchev–Trinajstić information content (AvgIpc) is 2.57. The Morgan fingerprint density at radius 1 is 1.37 bits per heavy atom. The summed E-state index contributed by atoms with van der Waals surface area (Å²) in [7, 11) is -3.98. The molecule has 7 heteroatoms. The number of carbonyl (C=O) groups is 2. The summed E-state index contributed by atoms with van der Waals surface area (Å²) in [5, 5.41) is 0. The molecule has 2 rings (SSSR count). The molecule has 1 amide bonds. The lowest BCUT2D eigenvalue weighted by Crippen LogP contribution is -2.43. The van der Waals surface area contributed by atoms with Crippen molar-refractivity contribution in [3.8, 4) is 0 Å². The van der Waals surface area contributed by atoms with Crippen LogP contribution in [0.15, 0.2) is 29.2 Å². The van der Waals surface area contributed by atoms with E-state index in [1.54, 1.807) is 13.0 Å². The molecule has 102 valence electrons. The van der Waals surface area contributed by atoms with E-state index in [9.17, 15) is 18.0 Å². The highest BCUT2D eigenvalue weighted by molar-refractivity contribution is 7.90. The fourth-order valence-electron chi connectivity index (χ4n) is 1.94. The highest BCUT2D eigenvalue weighted by Crippen LogP contribution is 2.31. The van der Waals surface area contributed by atoms with E-state index in [1.165, 1.54) is 25.1 Å². The summed E-state index contributed by atoms with van der Waals surface area (Å²) in [6.07, 6.45) is 0. The number of carbonyl (C=O) groups excluding carboxylic acids is 2. The van der Waals surface area contributed by atoms with Crippen LogP contribution in [0.1, 0.15) is 24.2 Å². The summed E-state index contributed by atoms with van der Waals surface area (Å²) in [4.78, 5) is 23.7. The molecule has 0 saturated carbocycles. The van der Waals surface area contributed by atoms with E-state index < -0.39 is 27.9 Å². The summed E-state index contributed by atoms with van der Waals surface area (Å²) >= 11 is 0. The van der Waals surface area contributed by atoms with Crippen molar-refractivity contribution >= 4 is 21.9 Å². The molecule has 0 spiro atoms. The number of rotatable bonds is 3. The molecule has 0 aliphatic carbocycles. The number of esters is 1. The average molecular weight is 283 g/mol. The van der Waals surface area contributed by atoms with Crippen LogP contribution in [0.25, 0.3) is 0 Å². The number of amides is 1. The quantitative estimate of drug-likeness (QED) is 0.766. The second-order valence-corrected chi connectivity index (χ2v) is 5.81. The minimum atomic E-state index is -3.98. The Hall–Kier alpha value is -1.89. The van der Waals surface area contributed by atoms with Crippen LogP contribution in [0, 0.1) is 0 Å². The molecular weight excluding hydrogens is 270 g/mol. The molecule has 0 bridgehead atoms. The van der Waals surface area contributed by atoms with Gasteiger partial charge in [0, 0.05) is 0 Å². The van der Waals surface area contributed by atoms with Crippen molar-refractivity contribution in [2.45, 2.75) is 24.8 Å². The maximum absolute atomic E-state index is 12.2. The van der Waals surface area contributed by atoms with Crippen molar-refractivity contribution in [1.82, 2.24) is 4.31 Å². The van der Waals surface area contributed by atoms with Crippen molar-refractivity contribution in [3.05, 3.63) is 29.8 Å². The number of ether oxygens (including phenoxy) is 1. The second kappa shape index (κ2) is 4.65. The van der Waals surface area contributed by atoms with Crippen molar-refractivity contribution in [1.29, 1.82) is 0 Å². The number of fused-ring (bicyclic) bond motifs is 1. The van der Waals surface area contributed by atoms with Crippen molar-refractivity contribution < 1.29 is 22.7 Å². The standard InChI is InChI=1S/C12H13NO5S/c1-3-18-12(15)8(2)13-11(14)9-6-4-5-7-10(9)19(13,16)17/h4-8H,3H2,1-2H3/t8-/m1/s1. The molecule has 19 heavy (non-hydrogen) atoms. The van der Waals surface area contributed by atoms with Gasteiger partial charge >= 0.3 is 5.97 Å². The molecule has 1 aliphatic rings. The molecule has 0 fully saturated rings. The third kappa shape index (κ3) is 1.99. The highest BCUT2D eigenvalue weighted by Gasteiger charge is 2.46. The molecule has 0 radical (unpaired) electrons. The highest BCUT2D eigenvalue weighted by atomic mass is 32.2. The first-order valence-corrected chi connectivity index (χ1v) is 7.19. The number of nitrogens with zero attached hydrogens (tertiary/aromatic N) is 1. The van der Waals surface area contributed by atoms with E-state index in [0.29, 0.717) is 4.31 Å². The van der Waals surface area contributed by atoms with Crippen LogP contribution in [0.2, 0.25) is 0 Å². The summed E-state index contributed by atoms with van der Waals surface area (Å²) < 4.78 is 29.8. The van der Waals surface area contributed by atoms with Gasteiger partial charge in [0.05, 0.1) is 12.2 Å². The molecule has 0 N–H and O–H groups in total. The summed E-state index contributed by atoms with van der Waals surface area (Å²) in [5.41, 5.74) is 0.0821. The second-order valence-electron chi connectivity index (χ2n) is 4.03. The summed E-state index contributed by atoms with van der Waals surface area (Å²) in [6, 6.07) is 4.70. The van der Waals surface area contributed by atoms with Gasteiger partial charge in [-0.15, -0.1) is 0 Å². The SMILES string of the molecule is CCOC(=O)[C@@H](C)N1C(=O)c2ccccc2S1(=O)=O. The van der Waals surface area contributed by atoms with Crippen LogP contribution < -0.4 is 0 Å². The predicted octanol–water partition coefficient (Wildman–Crippen LogP) is 0.783. The minimum absolute atomic E-state index is 0.0730. The third-order valence-electron chi connectivity index (χ3n) is 2.83. The Bertz CT molecular complexity index is 637. The molecular formula is C12H13NO5S. The maximum atomic E-state index is 12.2. The van der Waals surface area contributed by atoms with Crippen LogP contribution in [-0.2, 0) is 19.6 Å². The van der Waals surface area contributed by atoms with Crippen molar-refractivity contribution in [3.63, 3.8) is 0 Å². The zero-order valence-electron chi connectivity index (χ0n) is 10.5. The van der Waals surface area contributed by atoms with E-state index >= 15 is 0 Å². The van der Waals surface area contributed by atoms with Gasteiger partial charge in [-0.25, -0.2) is 17.5 Å². The van der Waals surface area contributed by atoms with Gasteiger partial charge in [0.15, 0.2) is 0 Å². The van der Waals surface area contributed by atoms with Crippen LogP contribution >= 0.6 is 0 Å². The lowest BCUT2D eigenvalue weighted by Gasteiger charge is -2.21. The third-order valence-corrected chi connectivity index (χ3v) is 4.75. The van der Waals surface area contributed by atoms with E-state index in [2.05, 4.69) is 0 Å². The van der Waals surface area contributed by atoms with Gasteiger partial charge in [0.1, 0.15) is 10.9 Å². The van der Waals surface area contributed by atoms with Gasteiger partial charge in [0.2, 0.25) is 0 Å². The minimum Gasteiger partial charge on any atom is -0.464 e. The normalized spacial score (nSPS) is 18.0. The van der Waals surface area contributed by atoms with Crippen LogP contribution in [-0.4, -0.2) is 37.2 Å². The van der Waals surface area contributed by atoms with E-state index in [4.69, 9.17) is 4.74 Å². The fraction of sp³-hybridized carbons (Fsp3) is 0.333. The molecule has 1 aromatic rings. The number of sulfonamides is 1. The molecule has 1 aromatic carbocycles. The Kier molecular flexibility index (Phi) is 3.32. The Labute approximate surface area is 111 Å². The van der Waals surface area contributed by atoms with Gasteiger partial charge in [-0.05, 0) is 26.0 Å². The number of hydrogen-bond donors (Lipinski definition) is 0. The Morgan fingerprint density at radius 2 is 2.00 bits per heavy atom. The predicted molar refractivity (Wildman–Crippen MR) is 65.9 cm³/mol. The van der Waals surface area contributed by atoms with Gasteiger partial charge in [-0.3, -0.25) is 4.79 Å². The van der Waals surface area contributed by atoms with Gasteiger partial charge in [0.25, 0.3) is 15.9 Å². The van der Waals surface area contributed by atoms with Crippen LogP contribution in [0.5, 0.6) is 0 Å². The zero-order valence-corrected chi connectivity index (χ0v) is 11.3. The molecule has 1 heterocycles. The largest absolute Gasteiger partial charge is 0.464 e. The Balaban J connectivity index is 2.46.